The Morgan fingerprint density at radius 3 is 2.40 bits per heavy atom. The van der Waals surface area contributed by atoms with E-state index < -0.39 is 17.5 Å². The smallest absolute Gasteiger partial charge is 0.339 e. The molecule has 0 radical (unpaired) electrons. The van der Waals surface area contributed by atoms with E-state index in [9.17, 15) is 9.59 Å². The van der Waals surface area contributed by atoms with Crippen molar-refractivity contribution in [3.63, 3.8) is 0 Å². The summed E-state index contributed by atoms with van der Waals surface area (Å²) < 4.78 is 8.18. The van der Waals surface area contributed by atoms with Crippen molar-refractivity contribution in [3.8, 4) is 0 Å². The molecule has 0 heterocycles. The highest BCUT2D eigenvalue weighted by Crippen LogP contribution is 2.27. The lowest BCUT2D eigenvalue weighted by Crippen LogP contribution is -2.34. The number of carbonyl (C=O) groups excluding carboxylic acids is 1. The minimum absolute atomic E-state index is 0.202. The summed E-state index contributed by atoms with van der Waals surface area (Å²) in [6, 6.07) is 3.72. The number of carboxylic acid groups (broad SMARTS) is 1. The second-order valence-electron chi connectivity index (χ2n) is 4.51. The van der Waals surface area contributed by atoms with Crippen LogP contribution in [0.4, 0.5) is 0 Å². The van der Waals surface area contributed by atoms with Gasteiger partial charge in [-0.15, -0.1) is 0 Å². The fourth-order valence-electron chi connectivity index (χ4n) is 1.54. The zero-order valence-corrected chi connectivity index (χ0v) is 17.3. The molecule has 0 aliphatic heterocycles. The molecule has 0 aliphatic rings. The third kappa shape index (κ3) is 4.97. The zero-order valence-electron chi connectivity index (χ0n) is 10.9. The van der Waals surface area contributed by atoms with Crippen LogP contribution in [0.25, 0.3) is 0 Å². The Balaban J connectivity index is 3.04. The number of rotatable bonds is 5. The van der Waals surface area contributed by atoms with Crippen molar-refractivity contribution in [2.24, 2.45) is 0 Å². The summed E-state index contributed by atoms with van der Waals surface area (Å²) in [5, 5.41) is 8.91. The van der Waals surface area contributed by atoms with E-state index in [0.29, 0.717) is 12.0 Å². The molecule has 1 aromatic rings. The van der Waals surface area contributed by atoms with Gasteiger partial charge in [-0.3, -0.25) is 4.79 Å². The number of halogens is 3. The average molecular weight is 614 g/mol. The molecule has 7 heteroatoms. The molecule has 4 nitrogen and oxygen atoms in total. The van der Waals surface area contributed by atoms with Crippen LogP contribution >= 0.6 is 67.8 Å². The second kappa shape index (κ2) is 7.56. The fourth-order valence-corrected chi connectivity index (χ4v) is 3.91. The van der Waals surface area contributed by atoms with Crippen LogP contribution in [0.3, 0.4) is 0 Å². The van der Waals surface area contributed by atoms with Crippen LogP contribution in [0.5, 0.6) is 0 Å². The maximum Gasteiger partial charge on any atom is 0.339 e. The summed E-state index contributed by atoms with van der Waals surface area (Å²) in [7, 11) is 0. The quantitative estimate of drug-likeness (QED) is 0.306. The molecule has 0 amide bonds. The molecule has 0 spiro atoms. The molecule has 20 heavy (non-hydrogen) atoms. The van der Waals surface area contributed by atoms with E-state index in [4.69, 9.17) is 9.84 Å². The molecule has 0 aromatic heterocycles. The molecule has 110 valence electrons. The normalized spacial score (nSPS) is 13.7. The van der Waals surface area contributed by atoms with Gasteiger partial charge < -0.3 is 9.84 Å². The minimum Gasteiger partial charge on any atom is -0.481 e. The third-order valence-corrected chi connectivity index (χ3v) is 6.49. The van der Waals surface area contributed by atoms with Crippen molar-refractivity contribution < 1.29 is 19.4 Å². The van der Waals surface area contributed by atoms with Gasteiger partial charge in [0.2, 0.25) is 0 Å². The Hall–Kier alpha value is 0.350. The molecular weight excluding hydrogens is 601 g/mol. The molecule has 1 rings (SSSR count). The van der Waals surface area contributed by atoms with E-state index >= 15 is 0 Å². The van der Waals surface area contributed by atoms with Gasteiger partial charge in [0.25, 0.3) is 0 Å². The Morgan fingerprint density at radius 2 is 1.90 bits per heavy atom. The molecule has 0 saturated carbocycles. The first-order chi connectivity index (χ1) is 9.18. The van der Waals surface area contributed by atoms with Crippen molar-refractivity contribution in [2.75, 3.05) is 0 Å². The first-order valence-electron chi connectivity index (χ1n) is 5.78. The molecule has 1 unspecified atom stereocenters. The first-order valence-corrected chi connectivity index (χ1v) is 9.02. The van der Waals surface area contributed by atoms with Crippen molar-refractivity contribution in [3.05, 3.63) is 28.4 Å². The Bertz CT molecular complexity index is 545. The molecule has 0 saturated heterocycles. The summed E-state index contributed by atoms with van der Waals surface area (Å²) >= 11 is 6.40. The Labute approximate surface area is 158 Å². The van der Waals surface area contributed by atoms with Gasteiger partial charge in [0.15, 0.2) is 0 Å². The van der Waals surface area contributed by atoms with Crippen LogP contribution in [0.1, 0.15) is 37.0 Å². The third-order valence-electron chi connectivity index (χ3n) is 2.83. The van der Waals surface area contributed by atoms with Crippen molar-refractivity contribution >= 4 is 79.7 Å². The Kier molecular flexibility index (Phi) is 6.96. The van der Waals surface area contributed by atoms with Gasteiger partial charge >= 0.3 is 11.9 Å². The van der Waals surface area contributed by atoms with Gasteiger partial charge in [0.05, 0.1) is 12.0 Å². The topological polar surface area (TPSA) is 63.6 Å². The maximum absolute atomic E-state index is 12.3. The number of aliphatic carboxylic acids is 1. The summed E-state index contributed by atoms with van der Waals surface area (Å²) in [4.78, 5) is 23.2. The SMILES string of the molecule is CCC(C)(CC(=O)O)OC(=O)c1cc(I)cc(I)c1I. The average Bonchev–Trinajstić information content (AvgIpc) is 2.32. The lowest BCUT2D eigenvalue weighted by Gasteiger charge is -2.27. The van der Waals surface area contributed by atoms with Gasteiger partial charge in [-0.1, -0.05) is 6.92 Å². The van der Waals surface area contributed by atoms with Gasteiger partial charge in [-0.2, -0.15) is 0 Å². The standard InChI is InChI=1S/C13H13I3O4/c1-3-13(2,6-10(17)18)20-12(19)8-4-7(14)5-9(15)11(8)16/h4-5H,3,6H2,1-2H3,(H,17,18). The summed E-state index contributed by atoms with van der Waals surface area (Å²) in [5.74, 6) is -1.45. The van der Waals surface area contributed by atoms with Gasteiger partial charge in [0.1, 0.15) is 5.60 Å². The number of benzene rings is 1. The monoisotopic (exact) mass is 614 g/mol. The molecule has 0 bridgehead atoms. The number of ether oxygens (including phenoxy) is 1. The number of hydrogen-bond acceptors (Lipinski definition) is 3. The second-order valence-corrected chi connectivity index (χ2v) is 8.00. The number of carbonyl (C=O) groups is 2. The van der Waals surface area contributed by atoms with Crippen molar-refractivity contribution in [2.45, 2.75) is 32.3 Å². The number of hydrogen-bond donors (Lipinski definition) is 1. The maximum atomic E-state index is 12.3. The zero-order chi connectivity index (χ0) is 15.5. The predicted molar refractivity (Wildman–Crippen MR) is 101 cm³/mol. The number of carboxylic acids is 1. The highest BCUT2D eigenvalue weighted by Gasteiger charge is 2.31. The van der Waals surface area contributed by atoms with Crippen molar-refractivity contribution in [1.29, 1.82) is 0 Å². The van der Waals surface area contributed by atoms with Crippen LogP contribution < -0.4 is 0 Å². The molecule has 0 aliphatic carbocycles. The lowest BCUT2D eigenvalue weighted by molar-refractivity contribution is -0.142. The first kappa shape index (κ1) is 18.4. The van der Waals surface area contributed by atoms with E-state index in [0.717, 1.165) is 10.7 Å². The largest absolute Gasteiger partial charge is 0.481 e. The van der Waals surface area contributed by atoms with Crippen LogP contribution in [0.2, 0.25) is 0 Å². The highest BCUT2D eigenvalue weighted by atomic mass is 127. The molecular formula is C13H13I3O4. The van der Waals surface area contributed by atoms with Gasteiger partial charge in [0, 0.05) is 10.7 Å². The van der Waals surface area contributed by atoms with E-state index in [2.05, 4.69) is 67.8 Å². The van der Waals surface area contributed by atoms with Gasteiger partial charge in [-0.05, 0) is 93.2 Å². The molecule has 1 atom stereocenters. The fraction of sp³-hybridized carbons (Fsp3) is 0.385. The predicted octanol–water partition coefficient (Wildman–Crippen LogP) is 4.30. The summed E-state index contributed by atoms with van der Waals surface area (Å²) in [6.07, 6.45) is 0.246. The van der Waals surface area contributed by atoms with Crippen LogP contribution in [0.15, 0.2) is 12.1 Å². The van der Waals surface area contributed by atoms with E-state index in [-0.39, 0.29) is 6.42 Å². The summed E-state index contributed by atoms with van der Waals surface area (Å²) in [5.41, 5.74) is -0.509. The minimum atomic E-state index is -0.987. The van der Waals surface area contributed by atoms with Crippen LogP contribution in [-0.4, -0.2) is 22.6 Å². The van der Waals surface area contributed by atoms with Crippen LogP contribution in [0, 0.1) is 10.7 Å². The van der Waals surface area contributed by atoms with E-state index in [1.165, 1.54) is 0 Å². The van der Waals surface area contributed by atoms with E-state index in [1.807, 2.05) is 6.07 Å². The number of esters is 1. The van der Waals surface area contributed by atoms with E-state index in [1.54, 1.807) is 19.9 Å². The summed E-state index contributed by atoms with van der Waals surface area (Å²) in [6.45, 7) is 3.45. The van der Waals surface area contributed by atoms with Gasteiger partial charge in [-0.25, -0.2) is 4.79 Å². The molecule has 1 N–H and O–H groups in total. The molecule has 1 aromatic carbocycles. The highest BCUT2D eigenvalue weighted by molar-refractivity contribution is 14.1. The van der Waals surface area contributed by atoms with Crippen molar-refractivity contribution in [1.82, 2.24) is 0 Å². The molecule has 0 fully saturated rings. The van der Waals surface area contributed by atoms with Crippen LogP contribution in [-0.2, 0) is 9.53 Å². The lowest BCUT2D eigenvalue weighted by atomic mass is 9.99. The Morgan fingerprint density at radius 1 is 1.30 bits per heavy atom.